The third-order valence-electron chi connectivity index (χ3n) is 2.96. The molecule has 0 radical (unpaired) electrons. The molecule has 0 bridgehead atoms. The molecule has 0 spiro atoms. The van der Waals surface area contributed by atoms with E-state index in [0.717, 1.165) is 16.9 Å². The molecule has 0 fully saturated rings. The third kappa shape index (κ3) is 3.40. The average Bonchev–Trinajstić information content (AvgIpc) is 2.74. The van der Waals surface area contributed by atoms with Crippen molar-refractivity contribution in [2.45, 2.75) is 26.3 Å². The summed E-state index contributed by atoms with van der Waals surface area (Å²) in [7, 11) is 1.92. The van der Waals surface area contributed by atoms with Crippen LogP contribution in [-0.4, -0.2) is 9.78 Å². The number of anilines is 1. The van der Waals surface area contributed by atoms with Gasteiger partial charge in [-0.25, -0.2) is 0 Å². The van der Waals surface area contributed by atoms with Crippen LogP contribution in [0.5, 0.6) is 0 Å². The van der Waals surface area contributed by atoms with Crippen LogP contribution in [-0.2, 0) is 13.6 Å². The molecule has 1 aromatic heterocycles. The van der Waals surface area contributed by atoms with Crippen LogP contribution in [0.3, 0.4) is 0 Å². The molecule has 0 aliphatic carbocycles. The molecule has 0 saturated carbocycles. The zero-order valence-electron chi connectivity index (χ0n) is 11.5. The van der Waals surface area contributed by atoms with Gasteiger partial charge in [-0.05, 0) is 18.1 Å². The number of benzene rings is 1. The molecule has 0 atom stereocenters. The van der Waals surface area contributed by atoms with Crippen molar-refractivity contribution in [1.82, 2.24) is 9.78 Å². The first-order chi connectivity index (χ1) is 9.38. The second-order valence-corrected chi connectivity index (χ2v) is 6.19. The molecule has 0 aliphatic heterocycles. The fourth-order valence-corrected chi connectivity index (χ4v) is 2.64. The number of aryl methyl sites for hydroxylation is 1. The van der Waals surface area contributed by atoms with Gasteiger partial charge in [0.2, 0.25) is 0 Å². The second-order valence-electron chi connectivity index (χ2n) is 4.97. The predicted molar refractivity (Wildman–Crippen MR) is 86.1 cm³/mol. The van der Waals surface area contributed by atoms with E-state index in [1.807, 2.05) is 17.9 Å². The Labute approximate surface area is 133 Å². The largest absolute Gasteiger partial charge is 0.380 e. The Morgan fingerprint density at radius 1 is 1.15 bits per heavy atom. The fraction of sp³-hybridized carbons (Fsp3) is 0.357. The summed E-state index contributed by atoms with van der Waals surface area (Å²) in [5.74, 6) is 0.372. The topological polar surface area (TPSA) is 29.9 Å². The van der Waals surface area contributed by atoms with Crippen molar-refractivity contribution in [3.8, 4) is 0 Å². The number of aromatic nitrogens is 2. The number of halogens is 3. The summed E-state index contributed by atoms with van der Waals surface area (Å²) in [5.41, 5.74) is 2.99. The molecule has 6 heteroatoms. The van der Waals surface area contributed by atoms with Crippen molar-refractivity contribution in [3.05, 3.63) is 44.7 Å². The molecule has 2 aromatic rings. The van der Waals surface area contributed by atoms with Gasteiger partial charge in [0, 0.05) is 25.4 Å². The minimum Gasteiger partial charge on any atom is -0.380 e. The minimum absolute atomic E-state index is 0.372. The van der Waals surface area contributed by atoms with Crippen LogP contribution in [0.2, 0.25) is 15.1 Å². The standard InChI is InChI=1S/C14H16Cl3N3/c1-8(2)14-9(7-20(3)19-14)6-18-13-5-11(16)10(15)4-12(13)17/h4-5,7-8,18H,6H2,1-3H3. The summed E-state index contributed by atoms with van der Waals surface area (Å²) in [6.45, 7) is 4.88. The van der Waals surface area contributed by atoms with Crippen molar-refractivity contribution in [3.63, 3.8) is 0 Å². The first-order valence-corrected chi connectivity index (χ1v) is 7.42. The maximum atomic E-state index is 6.15. The van der Waals surface area contributed by atoms with Crippen molar-refractivity contribution in [2.24, 2.45) is 7.05 Å². The molecule has 1 N–H and O–H groups in total. The monoisotopic (exact) mass is 331 g/mol. The van der Waals surface area contributed by atoms with E-state index in [-0.39, 0.29) is 0 Å². The van der Waals surface area contributed by atoms with Crippen LogP contribution in [0, 0.1) is 0 Å². The van der Waals surface area contributed by atoms with Crippen LogP contribution < -0.4 is 5.32 Å². The van der Waals surface area contributed by atoms with Crippen LogP contribution in [0.25, 0.3) is 0 Å². The highest BCUT2D eigenvalue weighted by Crippen LogP contribution is 2.32. The van der Waals surface area contributed by atoms with Gasteiger partial charge in [0.25, 0.3) is 0 Å². The maximum Gasteiger partial charge on any atom is 0.0699 e. The van der Waals surface area contributed by atoms with E-state index in [1.54, 1.807) is 12.1 Å². The highest BCUT2D eigenvalue weighted by atomic mass is 35.5. The lowest BCUT2D eigenvalue weighted by atomic mass is 10.1. The Morgan fingerprint density at radius 3 is 2.45 bits per heavy atom. The minimum atomic E-state index is 0.372. The second kappa shape index (κ2) is 6.25. The molecule has 0 amide bonds. The van der Waals surface area contributed by atoms with Gasteiger partial charge in [-0.1, -0.05) is 48.7 Å². The molecule has 1 aromatic carbocycles. The van der Waals surface area contributed by atoms with Crippen molar-refractivity contribution in [2.75, 3.05) is 5.32 Å². The lowest BCUT2D eigenvalue weighted by Crippen LogP contribution is -2.03. The van der Waals surface area contributed by atoms with Gasteiger partial charge in [0.15, 0.2) is 0 Å². The molecule has 108 valence electrons. The third-order valence-corrected chi connectivity index (χ3v) is 4.00. The highest BCUT2D eigenvalue weighted by Gasteiger charge is 2.12. The summed E-state index contributed by atoms with van der Waals surface area (Å²) in [6.07, 6.45) is 2.01. The van der Waals surface area contributed by atoms with Gasteiger partial charge in [0.1, 0.15) is 0 Å². The van der Waals surface area contributed by atoms with Crippen LogP contribution in [0.15, 0.2) is 18.3 Å². The van der Waals surface area contributed by atoms with E-state index < -0.39 is 0 Å². The number of hydrogen-bond donors (Lipinski definition) is 1. The van der Waals surface area contributed by atoms with Crippen molar-refractivity contribution < 1.29 is 0 Å². The number of nitrogens with zero attached hydrogens (tertiary/aromatic N) is 2. The number of rotatable bonds is 4. The molecular formula is C14H16Cl3N3. The summed E-state index contributed by atoms with van der Waals surface area (Å²) in [6, 6.07) is 3.37. The summed E-state index contributed by atoms with van der Waals surface area (Å²) >= 11 is 18.1. The normalized spacial score (nSPS) is 11.2. The number of nitrogens with one attached hydrogen (secondary N) is 1. The zero-order chi connectivity index (χ0) is 14.9. The van der Waals surface area contributed by atoms with Crippen molar-refractivity contribution >= 4 is 40.5 Å². The smallest absolute Gasteiger partial charge is 0.0699 e. The Morgan fingerprint density at radius 2 is 1.80 bits per heavy atom. The summed E-state index contributed by atoms with van der Waals surface area (Å²) in [4.78, 5) is 0. The Balaban J connectivity index is 2.19. The van der Waals surface area contributed by atoms with Gasteiger partial charge in [-0.15, -0.1) is 0 Å². The SMILES string of the molecule is CC(C)c1nn(C)cc1CNc1cc(Cl)c(Cl)cc1Cl. The molecule has 2 rings (SSSR count). The predicted octanol–water partition coefficient (Wildman–Crippen LogP) is 5.12. The molecule has 20 heavy (non-hydrogen) atoms. The van der Waals surface area contributed by atoms with Gasteiger partial charge >= 0.3 is 0 Å². The number of hydrogen-bond acceptors (Lipinski definition) is 2. The fourth-order valence-electron chi connectivity index (χ4n) is 2.03. The van der Waals surface area contributed by atoms with Crippen LogP contribution in [0.1, 0.15) is 31.0 Å². The summed E-state index contributed by atoms with van der Waals surface area (Å²) in [5, 5.41) is 9.23. The van der Waals surface area contributed by atoms with Crippen LogP contribution >= 0.6 is 34.8 Å². The van der Waals surface area contributed by atoms with Gasteiger partial charge in [-0.2, -0.15) is 5.10 Å². The Hall–Kier alpha value is -0.900. The average molecular weight is 333 g/mol. The quantitative estimate of drug-likeness (QED) is 0.788. The van der Waals surface area contributed by atoms with Gasteiger partial charge in [-0.3, -0.25) is 4.68 Å². The maximum absolute atomic E-state index is 6.15. The first kappa shape index (κ1) is 15.5. The first-order valence-electron chi connectivity index (χ1n) is 6.29. The van der Waals surface area contributed by atoms with Crippen LogP contribution in [0.4, 0.5) is 5.69 Å². The van der Waals surface area contributed by atoms with E-state index in [0.29, 0.717) is 27.5 Å². The molecule has 0 unspecified atom stereocenters. The molecular weight excluding hydrogens is 317 g/mol. The lowest BCUT2D eigenvalue weighted by molar-refractivity contribution is 0.712. The van der Waals surface area contributed by atoms with E-state index >= 15 is 0 Å². The Kier molecular flexibility index (Phi) is 4.84. The van der Waals surface area contributed by atoms with E-state index in [2.05, 4.69) is 24.3 Å². The Bertz CT molecular complexity index is 620. The summed E-state index contributed by atoms with van der Waals surface area (Å²) < 4.78 is 1.82. The van der Waals surface area contributed by atoms with Gasteiger partial charge < -0.3 is 5.32 Å². The van der Waals surface area contributed by atoms with Gasteiger partial charge in [0.05, 0.1) is 26.4 Å². The molecule has 0 saturated heterocycles. The van der Waals surface area contributed by atoms with E-state index in [1.165, 1.54) is 0 Å². The van der Waals surface area contributed by atoms with E-state index in [9.17, 15) is 0 Å². The highest BCUT2D eigenvalue weighted by molar-refractivity contribution is 6.44. The van der Waals surface area contributed by atoms with E-state index in [4.69, 9.17) is 34.8 Å². The zero-order valence-corrected chi connectivity index (χ0v) is 13.8. The van der Waals surface area contributed by atoms with Crippen molar-refractivity contribution in [1.29, 1.82) is 0 Å². The molecule has 0 aliphatic rings. The lowest BCUT2D eigenvalue weighted by Gasteiger charge is -2.10. The molecule has 1 heterocycles. The molecule has 3 nitrogen and oxygen atoms in total.